The SMILES string of the molecule is CCCC(O)Cc1c[nH]c(=O)[nH]c1=O. The van der Waals surface area contributed by atoms with Gasteiger partial charge in [0.2, 0.25) is 0 Å². The maximum absolute atomic E-state index is 11.2. The molecule has 0 fully saturated rings. The molecule has 1 aromatic heterocycles. The van der Waals surface area contributed by atoms with Crippen molar-refractivity contribution in [2.45, 2.75) is 32.3 Å². The van der Waals surface area contributed by atoms with Gasteiger partial charge in [0.15, 0.2) is 0 Å². The summed E-state index contributed by atoms with van der Waals surface area (Å²) in [7, 11) is 0. The van der Waals surface area contributed by atoms with Crippen LogP contribution in [0.2, 0.25) is 0 Å². The van der Waals surface area contributed by atoms with Crippen molar-refractivity contribution in [1.29, 1.82) is 0 Å². The third-order valence-electron chi connectivity index (χ3n) is 1.97. The van der Waals surface area contributed by atoms with E-state index < -0.39 is 17.4 Å². The van der Waals surface area contributed by atoms with Crippen molar-refractivity contribution in [3.63, 3.8) is 0 Å². The van der Waals surface area contributed by atoms with Gasteiger partial charge in [-0.3, -0.25) is 9.78 Å². The van der Waals surface area contributed by atoms with Gasteiger partial charge in [-0.25, -0.2) is 4.79 Å². The molecule has 0 aliphatic heterocycles. The van der Waals surface area contributed by atoms with E-state index in [4.69, 9.17) is 0 Å². The van der Waals surface area contributed by atoms with E-state index in [-0.39, 0.29) is 6.42 Å². The molecule has 0 aliphatic carbocycles. The molecule has 1 heterocycles. The molecular weight excluding hydrogens is 184 g/mol. The van der Waals surface area contributed by atoms with E-state index in [2.05, 4.69) is 9.97 Å². The average Bonchev–Trinajstić information content (AvgIpc) is 2.10. The minimum absolute atomic E-state index is 0.278. The highest BCUT2D eigenvalue weighted by Gasteiger charge is 2.07. The zero-order valence-electron chi connectivity index (χ0n) is 8.04. The van der Waals surface area contributed by atoms with Crippen LogP contribution in [-0.2, 0) is 6.42 Å². The fraction of sp³-hybridized carbons (Fsp3) is 0.556. The van der Waals surface area contributed by atoms with E-state index in [1.807, 2.05) is 6.92 Å². The molecule has 14 heavy (non-hydrogen) atoms. The summed E-state index contributed by atoms with van der Waals surface area (Å²) < 4.78 is 0. The third kappa shape index (κ3) is 2.85. The molecule has 0 bridgehead atoms. The van der Waals surface area contributed by atoms with Crippen LogP contribution in [0.3, 0.4) is 0 Å². The van der Waals surface area contributed by atoms with Crippen LogP contribution in [0.4, 0.5) is 0 Å². The fourth-order valence-electron chi connectivity index (χ4n) is 1.28. The maximum atomic E-state index is 11.2. The third-order valence-corrected chi connectivity index (χ3v) is 1.97. The van der Waals surface area contributed by atoms with Gasteiger partial charge in [-0.15, -0.1) is 0 Å². The highest BCUT2D eigenvalue weighted by Crippen LogP contribution is 2.01. The summed E-state index contributed by atoms with van der Waals surface area (Å²) in [6.45, 7) is 1.96. The van der Waals surface area contributed by atoms with Gasteiger partial charge in [0.1, 0.15) is 0 Å². The minimum Gasteiger partial charge on any atom is -0.393 e. The Bertz CT molecular complexity index is 394. The highest BCUT2D eigenvalue weighted by molar-refractivity contribution is 5.04. The molecule has 0 saturated carbocycles. The lowest BCUT2D eigenvalue weighted by molar-refractivity contribution is 0.163. The van der Waals surface area contributed by atoms with E-state index in [0.29, 0.717) is 12.0 Å². The molecule has 5 nitrogen and oxygen atoms in total. The Hall–Kier alpha value is -1.36. The van der Waals surface area contributed by atoms with Gasteiger partial charge in [-0.1, -0.05) is 13.3 Å². The van der Waals surface area contributed by atoms with E-state index in [9.17, 15) is 14.7 Å². The first-order valence-electron chi connectivity index (χ1n) is 4.62. The van der Waals surface area contributed by atoms with E-state index >= 15 is 0 Å². The summed E-state index contributed by atoms with van der Waals surface area (Å²) in [6, 6.07) is 0. The Morgan fingerprint density at radius 3 is 2.79 bits per heavy atom. The molecule has 78 valence electrons. The summed E-state index contributed by atoms with van der Waals surface area (Å²) in [5.74, 6) is 0. The van der Waals surface area contributed by atoms with E-state index in [1.165, 1.54) is 6.20 Å². The molecule has 0 aliphatic rings. The van der Waals surface area contributed by atoms with Crippen LogP contribution in [0, 0.1) is 0 Å². The fourth-order valence-corrected chi connectivity index (χ4v) is 1.28. The molecule has 0 amide bonds. The van der Waals surface area contributed by atoms with Gasteiger partial charge >= 0.3 is 5.69 Å². The summed E-state index contributed by atoms with van der Waals surface area (Å²) in [4.78, 5) is 26.3. The second-order valence-electron chi connectivity index (χ2n) is 3.24. The summed E-state index contributed by atoms with van der Waals surface area (Å²) >= 11 is 0. The van der Waals surface area contributed by atoms with Crippen LogP contribution in [0.15, 0.2) is 15.8 Å². The van der Waals surface area contributed by atoms with Gasteiger partial charge in [0, 0.05) is 18.2 Å². The number of hydrogen-bond acceptors (Lipinski definition) is 3. The average molecular weight is 198 g/mol. The molecule has 1 aromatic rings. The lowest BCUT2D eigenvalue weighted by Crippen LogP contribution is -2.27. The van der Waals surface area contributed by atoms with E-state index in [1.54, 1.807) is 0 Å². The number of nitrogens with one attached hydrogen (secondary N) is 2. The molecule has 5 heteroatoms. The van der Waals surface area contributed by atoms with Crippen molar-refractivity contribution in [3.8, 4) is 0 Å². The van der Waals surface area contributed by atoms with Gasteiger partial charge in [0.05, 0.1) is 6.10 Å². The van der Waals surface area contributed by atoms with Crippen molar-refractivity contribution in [3.05, 3.63) is 32.6 Å². The van der Waals surface area contributed by atoms with Crippen molar-refractivity contribution in [2.24, 2.45) is 0 Å². The van der Waals surface area contributed by atoms with Gasteiger partial charge in [-0.2, -0.15) is 0 Å². The Morgan fingerprint density at radius 1 is 1.50 bits per heavy atom. The second kappa shape index (κ2) is 4.76. The largest absolute Gasteiger partial charge is 0.393 e. The lowest BCUT2D eigenvalue weighted by Gasteiger charge is -2.07. The van der Waals surface area contributed by atoms with Crippen LogP contribution in [-0.4, -0.2) is 21.2 Å². The standard InChI is InChI=1S/C9H14N2O3/c1-2-3-7(12)4-6-5-10-9(14)11-8(6)13/h5,7,12H,2-4H2,1H3,(H2,10,11,13,14). The zero-order valence-corrected chi connectivity index (χ0v) is 8.04. The first kappa shape index (κ1) is 10.7. The molecule has 1 atom stereocenters. The van der Waals surface area contributed by atoms with Crippen LogP contribution in [0.5, 0.6) is 0 Å². The first-order valence-corrected chi connectivity index (χ1v) is 4.62. The number of aromatic amines is 2. The van der Waals surface area contributed by atoms with E-state index in [0.717, 1.165) is 6.42 Å². The molecule has 3 N–H and O–H groups in total. The number of aliphatic hydroxyl groups is 1. The molecule has 0 aromatic carbocycles. The Kier molecular flexibility index (Phi) is 3.64. The topological polar surface area (TPSA) is 85.9 Å². The number of hydrogen-bond donors (Lipinski definition) is 3. The van der Waals surface area contributed by atoms with Crippen LogP contribution >= 0.6 is 0 Å². The highest BCUT2D eigenvalue weighted by atomic mass is 16.3. The van der Waals surface area contributed by atoms with Crippen LogP contribution in [0.1, 0.15) is 25.3 Å². The van der Waals surface area contributed by atoms with Crippen molar-refractivity contribution in [1.82, 2.24) is 9.97 Å². The van der Waals surface area contributed by atoms with Gasteiger partial charge < -0.3 is 10.1 Å². The minimum atomic E-state index is -0.524. The monoisotopic (exact) mass is 198 g/mol. The Labute approximate surface area is 80.8 Å². The van der Waals surface area contributed by atoms with Gasteiger partial charge in [-0.05, 0) is 6.42 Å². The van der Waals surface area contributed by atoms with Crippen molar-refractivity contribution >= 4 is 0 Å². The Balaban J connectivity index is 2.77. The summed E-state index contributed by atoms with van der Waals surface area (Å²) in [6.07, 6.45) is 2.62. The summed E-state index contributed by atoms with van der Waals surface area (Å²) in [5, 5.41) is 9.45. The maximum Gasteiger partial charge on any atom is 0.325 e. The number of rotatable bonds is 4. The van der Waals surface area contributed by atoms with Crippen LogP contribution in [0.25, 0.3) is 0 Å². The molecule has 0 spiro atoms. The molecule has 0 radical (unpaired) electrons. The number of aliphatic hydroxyl groups excluding tert-OH is 1. The van der Waals surface area contributed by atoms with Crippen molar-refractivity contribution < 1.29 is 5.11 Å². The zero-order chi connectivity index (χ0) is 10.6. The predicted octanol–water partition coefficient (Wildman–Crippen LogP) is -0.233. The molecule has 1 unspecified atom stereocenters. The number of aromatic nitrogens is 2. The number of H-pyrrole nitrogens is 2. The quantitative estimate of drug-likeness (QED) is 0.624. The molecule has 1 rings (SSSR count). The molecule has 0 saturated heterocycles. The second-order valence-corrected chi connectivity index (χ2v) is 3.24. The molecular formula is C9H14N2O3. The van der Waals surface area contributed by atoms with Gasteiger partial charge in [0.25, 0.3) is 5.56 Å². The lowest BCUT2D eigenvalue weighted by atomic mass is 10.1. The first-order chi connectivity index (χ1) is 6.63. The predicted molar refractivity (Wildman–Crippen MR) is 52.3 cm³/mol. The Morgan fingerprint density at radius 2 is 2.21 bits per heavy atom. The van der Waals surface area contributed by atoms with Crippen molar-refractivity contribution in [2.75, 3.05) is 0 Å². The normalized spacial score (nSPS) is 12.7. The summed E-state index contributed by atoms with van der Waals surface area (Å²) in [5.41, 5.74) is -0.543. The van der Waals surface area contributed by atoms with Crippen LogP contribution < -0.4 is 11.2 Å². The smallest absolute Gasteiger partial charge is 0.325 e.